The van der Waals surface area contributed by atoms with Gasteiger partial charge in [-0.2, -0.15) is 0 Å². The van der Waals surface area contributed by atoms with Gasteiger partial charge in [-0.1, -0.05) is 30.0 Å². The van der Waals surface area contributed by atoms with E-state index in [1.807, 2.05) is 44.2 Å². The monoisotopic (exact) mass is 506 g/mol. The topological polar surface area (TPSA) is 107 Å². The highest BCUT2D eigenvalue weighted by Crippen LogP contribution is 2.31. The van der Waals surface area contributed by atoms with Crippen LogP contribution in [0.3, 0.4) is 0 Å². The number of carbonyl (C=O) groups is 2. The fourth-order valence-corrected chi connectivity index (χ4v) is 3.37. The van der Waals surface area contributed by atoms with Gasteiger partial charge < -0.3 is 25.4 Å². The third-order valence-corrected chi connectivity index (χ3v) is 5.13. The summed E-state index contributed by atoms with van der Waals surface area (Å²) in [5.41, 5.74) is 6.68. The molecule has 0 fully saturated rings. The van der Waals surface area contributed by atoms with Gasteiger partial charge in [-0.15, -0.1) is 12.4 Å². The quantitative estimate of drug-likeness (QED) is 0.524. The number of pyridine rings is 1. The third-order valence-electron chi connectivity index (χ3n) is 5.13. The Hall–Kier alpha value is -4.06. The van der Waals surface area contributed by atoms with Gasteiger partial charge in [0.1, 0.15) is 35.6 Å². The minimum Gasteiger partial charge on any atom is -0.489 e. The normalized spacial score (nSPS) is 14.7. The molecule has 0 bridgehead atoms. The van der Waals surface area contributed by atoms with Crippen molar-refractivity contribution in [1.82, 2.24) is 10.3 Å². The molecule has 186 valence electrons. The van der Waals surface area contributed by atoms with Gasteiger partial charge in [0.2, 0.25) is 0 Å². The van der Waals surface area contributed by atoms with Gasteiger partial charge in [-0.05, 0) is 50.2 Å². The summed E-state index contributed by atoms with van der Waals surface area (Å²) >= 11 is 0. The van der Waals surface area contributed by atoms with E-state index in [-0.39, 0.29) is 30.6 Å². The molecule has 9 heteroatoms. The van der Waals surface area contributed by atoms with Crippen LogP contribution in [0.15, 0.2) is 66.9 Å². The number of fused-ring (bicyclic) bond motifs is 1. The number of para-hydroxylation sites is 1. The predicted molar refractivity (Wildman–Crippen MR) is 140 cm³/mol. The lowest BCUT2D eigenvalue weighted by atomic mass is 10.1. The summed E-state index contributed by atoms with van der Waals surface area (Å²) in [6.07, 6.45) is 1.48. The molecule has 0 spiro atoms. The van der Waals surface area contributed by atoms with Crippen LogP contribution in [-0.4, -0.2) is 42.0 Å². The van der Waals surface area contributed by atoms with Crippen molar-refractivity contribution in [2.45, 2.75) is 25.4 Å². The number of anilines is 1. The number of carbonyl (C=O) groups excluding carboxylic acids is 2. The first kappa shape index (κ1) is 26.5. The lowest BCUT2D eigenvalue weighted by Gasteiger charge is -2.20. The van der Waals surface area contributed by atoms with Crippen molar-refractivity contribution in [3.05, 3.63) is 78.1 Å². The molecule has 4 rings (SSSR count). The van der Waals surface area contributed by atoms with Crippen molar-refractivity contribution in [3.63, 3.8) is 0 Å². The van der Waals surface area contributed by atoms with E-state index in [0.29, 0.717) is 28.5 Å². The minimum absolute atomic E-state index is 0. The number of nitrogens with one attached hydrogen (secondary N) is 1. The van der Waals surface area contributed by atoms with Gasteiger partial charge in [-0.25, -0.2) is 0 Å². The summed E-state index contributed by atoms with van der Waals surface area (Å²) in [6, 6.07) is 16.8. The van der Waals surface area contributed by atoms with Crippen LogP contribution >= 0.6 is 12.4 Å². The number of nitrogens with zero attached hydrogens (tertiary/aromatic N) is 2. The Labute approximate surface area is 216 Å². The van der Waals surface area contributed by atoms with Gasteiger partial charge in [0.25, 0.3) is 11.8 Å². The van der Waals surface area contributed by atoms with Crippen LogP contribution in [0.2, 0.25) is 0 Å². The second kappa shape index (κ2) is 11.1. The molecule has 1 atom stereocenters. The minimum atomic E-state index is -0.905. The van der Waals surface area contributed by atoms with E-state index in [1.54, 1.807) is 31.3 Å². The molecule has 0 aliphatic carbocycles. The molecule has 3 N–H and O–H groups in total. The number of hydrogen-bond donors (Lipinski definition) is 2. The Morgan fingerprint density at radius 3 is 2.64 bits per heavy atom. The Balaban J connectivity index is 0.00000361. The standard InChI is InChI=1S/C27H26N4O4.ClH/c1-27(2,28)13-11-18-9-10-24-23(15-18)31(3)26(33)22(17-34-24)30-25(32)21-16-20(12-14-29-21)35-19-7-5-4-6-8-19;/h4-10,12,14-16,22H,17,28H2,1-3H3,(H,30,32);1H/t22-;/m0./s1. The maximum atomic E-state index is 13.1. The Kier molecular flexibility index (Phi) is 8.20. The highest BCUT2D eigenvalue weighted by molar-refractivity contribution is 6.03. The molecule has 0 saturated carbocycles. The second-order valence-electron chi connectivity index (χ2n) is 8.68. The van der Waals surface area contributed by atoms with E-state index in [0.717, 1.165) is 0 Å². The van der Waals surface area contributed by atoms with Gasteiger partial charge in [0, 0.05) is 24.9 Å². The largest absolute Gasteiger partial charge is 0.489 e. The third kappa shape index (κ3) is 6.54. The van der Waals surface area contributed by atoms with Crippen molar-refractivity contribution in [3.8, 4) is 29.1 Å². The SMILES string of the molecule is CN1C(=O)[C@@H](NC(=O)c2cc(Oc3ccccc3)ccn2)COc2ccc(C#CC(C)(C)N)cc21.Cl. The fourth-order valence-electron chi connectivity index (χ4n) is 3.37. The van der Waals surface area contributed by atoms with Crippen molar-refractivity contribution in [2.24, 2.45) is 5.73 Å². The van der Waals surface area contributed by atoms with Crippen molar-refractivity contribution < 1.29 is 19.1 Å². The van der Waals surface area contributed by atoms with Gasteiger partial charge >= 0.3 is 0 Å². The molecular formula is C27H27ClN4O4. The summed E-state index contributed by atoms with van der Waals surface area (Å²) in [7, 11) is 1.63. The smallest absolute Gasteiger partial charge is 0.270 e. The first-order valence-electron chi connectivity index (χ1n) is 11.1. The number of hydrogen-bond acceptors (Lipinski definition) is 6. The van der Waals surface area contributed by atoms with Gasteiger partial charge in [0.15, 0.2) is 0 Å². The maximum Gasteiger partial charge on any atom is 0.270 e. The number of ether oxygens (including phenoxy) is 2. The van der Waals surface area contributed by atoms with Crippen LogP contribution in [0.1, 0.15) is 29.9 Å². The molecule has 0 radical (unpaired) electrons. The molecule has 0 unspecified atom stereocenters. The number of likely N-dealkylation sites (N-methyl/N-ethyl adjacent to an activating group) is 1. The highest BCUT2D eigenvalue weighted by atomic mass is 35.5. The number of aromatic nitrogens is 1. The predicted octanol–water partition coefficient (Wildman–Crippen LogP) is 3.54. The van der Waals surface area contributed by atoms with E-state index in [4.69, 9.17) is 15.2 Å². The molecular weight excluding hydrogens is 480 g/mol. The van der Waals surface area contributed by atoms with E-state index < -0.39 is 17.5 Å². The van der Waals surface area contributed by atoms with Crippen LogP contribution in [0.4, 0.5) is 5.69 Å². The first-order valence-corrected chi connectivity index (χ1v) is 11.1. The van der Waals surface area contributed by atoms with E-state index in [1.165, 1.54) is 17.2 Å². The molecule has 36 heavy (non-hydrogen) atoms. The summed E-state index contributed by atoms with van der Waals surface area (Å²) in [4.78, 5) is 31.6. The maximum absolute atomic E-state index is 13.1. The summed E-state index contributed by atoms with van der Waals surface area (Å²) in [5, 5.41) is 2.72. The summed E-state index contributed by atoms with van der Waals surface area (Å²) in [6.45, 7) is 3.60. The molecule has 1 aliphatic rings. The van der Waals surface area contributed by atoms with E-state index in [2.05, 4.69) is 22.1 Å². The number of halogens is 1. The molecule has 0 saturated heterocycles. The zero-order valence-corrected chi connectivity index (χ0v) is 21.0. The number of rotatable bonds is 4. The Morgan fingerprint density at radius 2 is 1.92 bits per heavy atom. The lowest BCUT2D eigenvalue weighted by Crippen LogP contribution is -2.49. The van der Waals surface area contributed by atoms with Gasteiger partial charge in [0.05, 0.1) is 11.2 Å². The molecule has 3 aromatic rings. The van der Waals surface area contributed by atoms with Crippen LogP contribution in [0.25, 0.3) is 0 Å². The lowest BCUT2D eigenvalue weighted by molar-refractivity contribution is -0.120. The van der Waals surface area contributed by atoms with Gasteiger partial charge in [-0.3, -0.25) is 14.6 Å². The molecule has 8 nitrogen and oxygen atoms in total. The second-order valence-corrected chi connectivity index (χ2v) is 8.68. The molecule has 2 heterocycles. The van der Waals surface area contributed by atoms with Crippen molar-refractivity contribution in [2.75, 3.05) is 18.6 Å². The molecule has 1 aliphatic heterocycles. The molecule has 1 aromatic heterocycles. The van der Waals surface area contributed by atoms with E-state index >= 15 is 0 Å². The fraction of sp³-hybridized carbons (Fsp3) is 0.222. The van der Waals surface area contributed by atoms with Crippen LogP contribution in [-0.2, 0) is 4.79 Å². The first-order chi connectivity index (χ1) is 16.7. The van der Waals surface area contributed by atoms with Crippen LogP contribution in [0, 0.1) is 11.8 Å². The Bertz CT molecular complexity index is 1310. The zero-order chi connectivity index (χ0) is 25.0. The number of benzene rings is 2. The highest BCUT2D eigenvalue weighted by Gasteiger charge is 2.31. The van der Waals surface area contributed by atoms with Crippen LogP contribution in [0.5, 0.6) is 17.2 Å². The van der Waals surface area contributed by atoms with Crippen LogP contribution < -0.4 is 25.4 Å². The Morgan fingerprint density at radius 1 is 1.17 bits per heavy atom. The average molecular weight is 507 g/mol. The van der Waals surface area contributed by atoms with Crippen molar-refractivity contribution >= 4 is 29.9 Å². The number of amides is 2. The zero-order valence-electron chi connectivity index (χ0n) is 20.1. The van der Waals surface area contributed by atoms with Crippen molar-refractivity contribution in [1.29, 1.82) is 0 Å². The molecule has 2 amide bonds. The summed E-state index contributed by atoms with van der Waals surface area (Å²) < 4.78 is 11.6. The molecule has 2 aromatic carbocycles. The summed E-state index contributed by atoms with van der Waals surface area (Å²) in [5.74, 6) is 6.77. The average Bonchev–Trinajstić information content (AvgIpc) is 2.95. The number of nitrogens with two attached hydrogens (primary N) is 1. The van der Waals surface area contributed by atoms with E-state index in [9.17, 15) is 9.59 Å².